The number of hydrogen-bond donors (Lipinski definition) is 2. The quantitative estimate of drug-likeness (QED) is 0.744. The second-order valence-electron chi connectivity index (χ2n) is 7.22. The number of nitrogens with zero attached hydrogens (tertiary/aromatic N) is 1. The molecular weight excluding hydrogens is 320 g/mol. The number of aliphatic hydroxyl groups is 1. The van der Waals surface area contributed by atoms with Gasteiger partial charge in [0.25, 0.3) is 5.91 Å². The second-order valence-corrected chi connectivity index (χ2v) is 7.22. The molecule has 0 aromatic heterocycles. The number of aryl methyl sites for hydroxylation is 1. The van der Waals surface area contributed by atoms with Gasteiger partial charge in [-0.2, -0.15) is 0 Å². The summed E-state index contributed by atoms with van der Waals surface area (Å²) in [5.74, 6) is -0.121. The summed E-state index contributed by atoms with van der Waals surface area (Å²) in [7, 11) is 1.60. The van der Waals surface area contributed by atoms with Gasteiger partial charge in [-0.25, -0.2) is 0 Å². The maximum Gasteiger partial charge on any atom is 0.251 e. The van der Waals surface area contributed by atoms with Gasteiger partial charge in [-0.15, -0.1) is 0 Å². The van der Waals surface area contributed by atoms with E-state index >= 15 is 0 Å². The van der Waals surface area contributed by atoms with E-state index in [-0.39, 0.29) is 17.9 Å². The third kappa shape index (κ3) is 6.14. The Balaban J connectivity index is 1.86. The number of nitrogens with one attached hydrogen (secondary N) is 1. The minimum atomic E-state index is -0.695. The van der Waals surface area contributed by atoms with Crippen molar-refractivity contribution in [1.82, 2.24) is 10.2 Å². The highest BCUT2D eigenvalue weighted by molar-refractivity contribution is 5.95. The molecular formula is C19H28N2O4. The van der Waals surface area contributed by atoms with E-state index in [1.807, 2.05) is 12.1 Å². The average molecular weight is 348 g/mol. The fraction of sp³-hybridized carbons (Fsp3) is 0.579. The van der Waals surface area contributed by atoms with E-state index in [9.17, 15) is 14.7 Å². The van der Waals surface area contributed by atoms with Crippen molar-refractivity contribution in [2.75, 3.05) is 26.8 Å². The molecule has 25 heavy (non-hydrogen) atoms. The van der Waals surface area contributed by atoms with Crippen molar-refractivity contribution in [3.8, 4) is 0 Å². The van der Waals surface area contributed by atoms with Crippen molar-refractivity contribution in [2.24, 2.45) is 0 Å². The highest BCUT2D eigenvalue weighted by Crippen LogP contribution is 2.15. The molecule has 1 atom stereocenters. The van der Waals surface area contributed by atoms with E-state index < -0.39 is 5.60 Å². The van der Waals surface area contributed by atoms with E-state index in [0.717, 1.165) is 12.0 Å². The molecule has 138 valence electrons. The third-order valence-electron chi connectivity index (χ3n) is 4.36. The first-order valence-electron chi connectivity index (χ1n) is 8.67. The van der Waals surface area contributed by atoms with Crippen LogP contribution in [0.15, 0.2) is 24.3 Å². The van der Waals surface area contributed by atoms with E-state index in [1.165, 1.54) is 0 Å². The van der Waals surface area contributed by atoms with Gasteiger partial charge < -0.3 is 20.1 Å². The van der Waals surface area contributed by atoms with E-state index in [4.69, 9.17) is 4.74 Å². The maximum atomic E-state index is 12.4. The van der Waals surface area contributed by atoms with Crippen LogP contribution in [0.5, 0.6) is 0 Å². The van der Waals surface area contributed by atoms with Gasteiger partial charge in [0.15, 0.2) is 0 Å². The number of rotatable bonds is 8. The molecule has 0 radical (unpaired) electrons. The van der Waals surface area contributed by atoms with Crippen LogP contribution in [0.3, 0.4) is 0 Å². The monoisotopic (exact) mass is 348 g/mol. The lowest BCUT2D eigenvalue weighted by Gasteiger charge is -2.17. The zero-order valence-corrected chi connectivity index (χ0v) is 15.2. The lowest BCUT2D eigenvalue weighted by Crippen LogP contribution is -2.37. The smallest absolute Gasteiger partial charge is 0.251 e. The number of methoxy groups -OCH3 is 1. The van der Waals surface area contributed by atoms with Crippen LogP contribution < -0.4 is 5.32 Å². The molecule has 0 spiro atoms. The predicted molar refractivity (Wildman–Crippen MR) is 95.4 cm³/mol. The number of ether oxygens (including phenoxy) is 1. The minimum Gasteiger partial charge on any atom is -0.390 e. The Morgan fingerprint density at radius 3 is 2.64 bits per heavy atom. The first-order chi connectivity index (χ1) is 11.8. The van der Waals surface area contributed by atoms with Gasteiger partial charge in [-0.05, 0) is 44.4 Å². The molecule has 0 saturated carbocycles. The summed E-state index contributed by atoms with van der Waals surface area (Å²) in [5.41, 5.74) is 0.968. The van der Waals surface area contributed by atoms with Gasteiger partial charge in [0.05, 0.1) is 18.2 Å². The molecule has 2 amide bonds. The molecule has 1 heterocycles. The standard InChI is InChI=1S/C19H28N2O4/c1-19(2,24)9-8-14-4-6-15(7-5-14)18(23)20-16-12-17(22)21(13-16)10-11-25-3/h4-7,16,24H,8-13H2,1-3H3,(H,20,23)/t16-/m0/s1. The second kappa shape index (κ2) is 8.45. The third-order valence-corrected chi connectivity index (χ3v) is 4.36. The van der Waals surface area contributed by atoms with Crippen molar-refractivity contribution in [3.05, 3.63) is 35.4 Å². The molecule has 1 aromatic rings. The fourth-order valence-corrected chi connectivity index (χ4v) is 2.83. The SMILES string of the molecule is COCCN1C[C@@H](NC(=O)c2ccc(CCC(C)(C)O)cc2)CC1=O. The minimum absolute atomic E-state index is 0.0457. The van der Waals surface area contributed by atoms with Crippen LogP contribution in [0, 0.1) is 0 Å². The van der Waals surface area contributed by atoms with E-state index in [0.29, 0.717) is 38.1 Å². The Morgan fingerprint density at radius 1 is 1.36 bits per heavy atom. The van der Waals surface area contributed by atoms with Crippen LogP contribution in [0.1, 0.15) is 42.6 Å². The number of benzene rings is 1. The summed E-state index contributed by atoms with van der Waals surface area (Å²) >= 11 is 0. The molecule has 1 fully saturated rings. The maximum absolute atomic E-state index is 12.4. The van der Waals surface area contributed by atoms with Crippen LogP contribution in [-0.2, 0) is 16.0 Å². The zero-order chi connectivity index (χ0) is 18.4. The largest absolute Gasteiger partial charge is 0.390 e. The normalized spacial score (nSPS) is 17.8. The molecule has 0 bridgehead atoms. The Hall–Kier alpha value is -1.92. The average Bonchev–Trinajstić information content (AvgIpc) is 2.90. The molecule has 1 aliphatic rings. The molecule has 6 heteroatoms. The van der Waals surface area contributed by atoms with Crippen molar-refractivity contribution < 1.29 is 19.4 Å². The van der Waals surface area contributed by atoms with Gasteiger partial charge in [0, 0.05) is 32.2 Å². The lowest BCUT2D eigenvalue weighted by molar-refractivity contribution is -0.128. The Kier molecular flexibility index (Phi) is 6.56. The van der Waals surface area contributed by atoms with E-state index in [2.05, 4.69) is 5.32 Å². The van der Waals surface area contributed by atoms with E-state index in [1.54, 1.807) is 38.0 Å². The summed E-state index contributed by atoms with van der Waals surface area (Å²) in [4.78, 5) is 26.0. The first kappa shape index (κ1) is 19.4. The Labute approximate surface area is 149 Å². The van der Waals surface area contributed by atoms with Crippen LogP contribution in [0.25, 0.3) is 0 Å². The number of hydrogen-bond acceptors (Lipinski definition) is 4. The molecule has 0 unspecified atom stereocenters. The van der Waals surface area contributed by atoms with Gasteiger partial charge in [0.1, 0.15) is 0 Å². The van der Waals surface area contributed by atoms with Crippen LogP contribution in [0.4, 0.5) is 0 Å². The molecule has 1 aromatic carbocycles. The summed E-state index contributed by atoms with van der Waals surface area (Å²) in [5, 5.41) is 12.7. The summed E-state index contributed by atoms with van der Waals surface area (Å²) in [6, 6.07) is 7.23. The van der Waals surface area contributed by atoms with Crippen molar-refractivity contribution in [3.63, 3.8) is 0 Å². The van der Waals surface area contributed by atoms with Gasteiger partial charge >= 0.3 is 0 Å². The zero-order valence-electron chi connectivity index (χ0n) is 15.2. The molecule has 1 saturated heterocycles. The number of carbonyl (C=O) groups excluding carboxylic acids is 2. The molecule has 1 aliphatic heterocycles. The van der Waals surface area contributed by atoms with Crippen LogP contribution in [0.2, 0.25) is 0 Å². The van der Waals surface area contributed by atoms with Gasteiger partial charge in [-0.1, -0.05) is 12.1 Å². The summed E-state index contributed by atoms with van der Waals surface area (Å²) < 4.78 is 4.99. The van der Waals surface area contributed by atoms with Gasteiger partial charge in [-0.3, -0.25) is 9.59 Å². The Morgan fingerprint density at radius 2 is 2.04 bits per heavy atom. The fourth-order valence-electron chi connectivity index (χ4n) is 2.83. The molecule has 6 nitrogen and oxygen atoms in total. The Bertz CT molecular complexity index is 592. The highest BCUT2D eigenvalue weighted by Gasteiger charge is 2.30. The first-order valence-corrected chi connectivity index (χ1v) is 8.67. The summed E-state index contributed by atoms with van der Waals surface area (Å²) in [6.07, 6.45) is 1.76. The topological polar surface area (TPSA) is 78.9 Å². The van der Waals surface area contributed by atoms with Crippen molar-refractivity contribution in [1.29, 1.82) is 0 Å². The summed E-state index contributed by atoms with van der Waals surface area (Å²) in [6.45, 7) is 5.15. The van der Waals surface area contributed by atoms with Crippen LogP contribution >= 0.6 is 0 Å². The highest BCUT2D eigenvalue weighted by atomic mass is 16.5. The lowest BCUT2D eigenvalue weighted by atomic mass is 9.98. The number of carbonyl (C=O) groups is 2. The van der Waals surface area contributed by atoms with Crippen molar-refractivity contribution in [2.45, 2.75) is 44.8 Å². The number of amides is 2. The van der Waals surface area contributed by atoms with Crippen molar-refractivity contribution >= 4 is 11.8 Å². The predicted octanol–water partition coefficient (Wildman–Crippen LogP) is 1.37. The van der Waals surface area contributed by atoms with Crippen LogP contribution in [-0.4, -0.2) is 60.3 Å². The van der Waals surface area contributed by atoms with Gasteiger partial charge in [0.2, 0.25) is 5.91 Å². The number of likely N-dealkylation sites (tertiary alicyclic amines) is 1. The molecule has 0 aliphatic carbocycles. The molecule has 2 rings (SSSR count). The molecule has 2 N–H and O–H groups in total.